The first-order valence-electron chi connectivity index (χ1n) is 8.04. The number of benzene rings is 1. The van der Waals surface area contributed by atoms with Crippen molar-refractivity contribution in [3.63, 3.8) is 0 Å². The summed E-state index contributed by atoms with van der Waals surface area (Å²) in [4.78, 5) is 12.3. The van der Waals surface area contributed by atoms with Gasteiger partial charge in [0.15, 0.2) is 0 Å². The van der Waals surface area contributed by atoms with E-state index in [2.05, 4.69) is 27.5 Å². The van der Waals surface area contributed by atoms with Crippen LogP contribution in [0.15, 0.2) is 35.0 Å². The number of methoxy groups -OCH3 is 1. The molecule has 1 heterocycles. The Balaban J connectivity index is 1.66. The highest BCUT2D eigenvalue weighted by atomic mass is 35.5. The summed E-state index contributed by atoms with van der Waals surface area (Å²) in [7, 11) is 1.57. The van der Waals surface area contributed by atoms with E-state index in [4.69, 9.17) is 16.3 Å². The van der Waals surface area contributed by atoms with E-state index in [0.717, 1.165) is 12.8 Å². The van der Waals surface area contributed by atoms with E-state index >= 15 is 0 Å². The van der Waals surface area contributed by atoms with Crippen LogP contribution in [0.2, 0.25) is 5.02 Å². The lowest BCUT2D eigenvalue weighted by Crippen LogP contribution is -2.40. The molecule has 0 bridgehead atoms. The second kappa shape index (κ2) is 7.45. The van der Waals surface area contributed by atoms with Gasteiger partial charge in [-0.3, -0.25) is 0 Å². The van der Waals surface area contributed by atoms with Gasteiger partial charge in [-0.05, 0) is 53.4 Å². The average molecular weight is 365 g/mol. The molecule has 2 amide bonds. The molecule has 0 spiro atoms. The van der Waals surface area contributed by atoms with E-state index in [-0.39, 0.29) is 11.4 Å². The molecule has 2 N–H and O–H groups in total. The van der Waals surface area contributed by atoms with Crippen molar-refractivity contribution in [2.45, 2.75) is 31.1 Å². The predicted molar refractivity (Wildman–Crippen MR) is 99.5 cm³/mol. The minimum absolute atomic E-state index is 0.0652. The summed E-state index contributed by atoms with van der Waals surface area (Å²) in [5, 5.41) is 10.7. The first kappa shape index (κ1) is 17.1. The maximum Gasteiger partial charge on any atom is 0.319 e. The van der Waals surface area contributed by atoms with Gasteiger partial charge in [0.1, 0.15) is 5.75 Å². The second-order valence-corrected chi connectivity index (χ2v) is 7.37. The molecule has 0 saturated heterocycles. The van der Waals surface area contributed by atoms with Crippen molar-refractivity contribution in [2.75, 3.05) is 19.0 Å². The van der Waals surface area contributed by atoms with Crippen LogP contribution in [0.3, 0.4) is 0 Å². The topological polar surface area (TPSA) is 50.4 Å². The van der Waals surface area contributed by atoms with E-state index < -0.39 is 0 Å². The first-order valence-corrected chi connectivity index (χ1v) is 9.36. The fourth-order valence-electron chi connectivity index (χ4n) is 3.38. The van der Waals surface area contributed by atoms with E-state index in [1.165, 1.54) is 18.4 Å². The third-order valence-electron chi connectivity index (χ3n) is 4.69. The third kappa shape index (κ3) is 3.68. The number of urea groups is 1. The molecular weight excluding hydrogens is 344 g/mol. The van der Waals surface area contributed by atoms with Crippen molar-refractivity contribution in [2.24, 2.45) is 0 Å². The van der Waals surface area contributed by atoms with Gasteiger partial charge in [0, 0.05) is 17.0 Å². The minimum atomic E-state index is -0.239. The standard InChI is InChI=1S/C18H21ClN2O2S/c1-23-16-5-4-14(19)10-15(16)21-17(22)20-12-18(7-2-3-8-18)13-6-9-24-11-13/h4-6,9-11H,2-3,7-8,12H2,1H3,(H2,20,21,22). The lowest BCUT2D eigenvalue weighted by Gasteiger charge is -2.28. The summed E-state index contributed by atoms with van der Waals surface area (Å²) in [6, 6.07) is 7.09. The summed E-state index contributed by atoms with van der Waals surface area (Å²) in [6.45, 7) is 0.637. The Kier molecular flexibility index (Phi) is 5.31. The number of ether oxygens (including phenoxy) is 1. The molecule has 1 saturated carbocycles. The molecule has 1 aliphatic rings. The van der Waals surface area contributed by atoms with Crippen LogP contribution in [0.25, 0.3) is 0 Å². The number of rotatable bonds is 5. The molecule has 1 fully saturated rings. The SMILES string of the molecule is COc1ccc(Cl)cc1NC(=O)NCC1(c2ccsc2)CCCC1. The fraction of sp³-hybridized carbons (Fsp3) is 0.389. The molecule has 0 atom stereocenters. The molecule has 1 aliphatic carbocycles. The largest absolute Gasteiger partial charge is 0.495 e. The Morgan fingerprint density at radius 1 is 1.33 bits per heavy atom. The molecule has 6 heteroatoms. The van der Waals surface area contributed by atoms with Crippen molar-refractivity contribution in [3.05, 3.63) is 45.6 Å². The number of carbonyl (C=O) groups excluding carboxylic acids is 1. The number of hydrogen-bond acceptors (Lipinski definition) is 3. The highest BCUT2D eigenvalue weighted by molar-refractivity contribution is 7.08. The Morgan fingerprint density at radius 2 is 2.12 bits per heavy atom. The van der Waals surface area contributed by atoms with E-state index in [1.807, 2.05) is 0 Å². The number of halogens is 1. The van der Waals surface area contributed by atoms with Crippen molar-refractivity contribution >= 4 is 34.7 Å². The van der Waals surface area contributed by atoms with Gasteiger partial charge in [-0.1, -0.05) is 24.4 Å². The summed E-state index contributed by atoms with van der Waals surface area (Å²) in [5.41, 5.74) is 1.97. The van der Waals surface area contributed by atoms with Gasteiger partial charge in [-0.15, -0.1) is 0 Å². The maximum atomic E-state index is 12.3. The number of anilines is 1. The zero-order valence-electron chi connectivity index (χ0n) is 13.6. The van der Waals surface area contributed by atoms with Gasteiger partial charge in [0.25, 0.3) is 0 Å². The van der Waals surface area contributed by atoms with Crippen LogP contribution in [0.5, 0.6) is 5.75 Å². The smallest absolute Gasteiger partial charge is 0.319 e. The molecule has 4 nitrogen and oxygen atoms in total. The summed E-state index contributed by atoms with van der Waals surface area (Å²) in [5.74, 6) is 0.586. The molecule has 128 valence electrons. The molecule has 1 aromatic heterocycles. The second-order valence-electron chi connectivity index (χ2n) is 6.15. The number of hydrogen-bond donors (Lipinski definition) is 2. The molecular formula is C18H21ClN2O2S. The minimum Gasteiger partial charge on any atom is -0.495 e. The van der Waals surface area contributed by atoms with E-state index in [1.54, 1.807) is 36.6 Å². The molecule has 3 rings (SSSR count). The quantitative estimate of drug-likeness (QED) is 0.780. The maximum absolute atomic E-state index is 12.3. The summed E-state index contributed by atoms with van der Waals surface area (Å²) < 4.78 is 5.26. The number of amides is 2. The Morgan fingerprint density at radius 3 is 2.79 bits per heavy atom. The lowest BCUT2D eigenvalue weighted by molar-refractivity contribution is 0.248. The van der Waals surface area contributed by atoms with Crippen LogP contribution in [0, 0.1) is 0 Å². The number of carbonyl (C=O) groups is 1. The highest BCUT2D eigenvalue weighted by Crippen LogP contribution is 2.41. The van der Waals surface area contributed by atoms with Gasteiger partial charge in [0.05, 0.1) is 12.8 Å². The zero-order valence-corrected chi connectivity index (χ0v) is 15.2. The molecule has 0 radical (unpaired) electrons. The molecule has 24 heavy (non-hydrogen) atoms. The van der Waals surface area contributed by atoms with Crippen molar-refractivity contribution in [1.29, 1.82) is 0 Å². The van der Waals surface area contributed by atoms with Crippen LogP contribution >= 0.6 is 22.9 Å². The number of thiophene rings is 1. The zero-order chi connectivity index (χ0) is 17.0. The van der Waals surface area contributed by atoms with Crippen LogP contribution in [0.1, 0.15) is 31.2 Å². The summed E-state index contributed by atoms with van der Waals surface area (Å²) >= 11 is 7.71. The summed E-state index contributed by atoms with van der Waals surface area (Å²) in [6.07, 6.45) is 4.65. The molecule has 2 aromatic rings. The van der Waals surface area contributed by atoms with Crippen LogP contribution in [0.4, 0.5) is 10.5 Å². The van der Waals surface area contributed by atoms with Gasteiger partial charge in [-0.25, -0.2) is 4.79 Å². The lowest BCUT2D eigenvalue weighted by atomic mass is 9.80. The van der Waals surface area contributed by atoms with Gasteiger partial charge in [0.2, 0.25) is 0 Å². The monoisotopic (exact) mass is 364 g/mol. The fourth-order valence-corrected chi connectivity index (χ4v) is 4.33. The van der Waals surface area contributed by atoms with Crippen molar-refractivity contribution < 1.29 is 9.53 Å². The van der Waals surface area contributed by atoms with Gasteiger partial charge < -0.3 is 15.4 Å². The highest BCUT2D eigenvalue weighted by Gasteiger charge is 2.36. The van der Waals surface area contributed by atoms with Gasteiger partial charge in [-0.2, -0.15) is 11.3 Å². The average Bonchev–Trinajstić information content (AvgIpc) is 3.25. The van der Waals surface area contributed by atoms with E-state index in [0.29, 0.717) is 23.0 Å². The first-order chi connectivity index (χ1) is 11.6. The van der Waals surface area contributed by atoms with Crippen LogP contribution < -0.4 is 15.4 Å². The molecule has 0 aliphatic heterocycles. The van der Waals surface area contributed by atoms with Crippen LogP contribution in [-0.2, 0) is 5.41 Å². The molecule has 1 aromatic carbocycles. The molecule has 0 unspecified atom stereocenters. The van der Waals surface area contributed by atoms with Gasteiger partial charge >= 0.3 is 6.03 Å². The van der Waals surface area contributed by atoms with Crippen LogP contribution in [-0.4, -0.2) is 19.7 Å². The number of nitrogens with one attached hydrogen (secondary N) is 2. The van der Waals surface area contributed by atoms with Crippen molar-refractivity contribution in [1.82, 2.24) is 5.32 Å². The Labute approximate surface area is 151 Å². The van der Waals surface area contributed by atoms with Crippen molar-refractivity contribution in [3.8, 4) is 5.75 Å². The van der Waals surface area contributed by atoms with E-state index in [9.17, 15) is 4.79 Å². The Hall–Kier alpha value is -1.72. The normalized spacial score (nSPS) is 15.9. The third-order valence-corrected chi connectivity index (χ3v) is 5.61. The predicted octanol–water partition coefficient (Wildman–Crippen LogP) is 5.04. The Bertz CT molecular complexity index is 697.